The molecule has 8 heteroatoms. The highest BCUT2D eigenvalue weighted by atomic mass is 19.4. The lowest BCUT2D eigenvalue weighted by Gasteiger charge is -2.34. The summed E-state index contributed by atoms with van der Waals surface area (Å²) in [4.78, 5) is 22.9. The molecule has 0 bridgehead atoms. The molecule has 0 spiro atoms. The number of nitrogens with zero attached hydrogens (tertiary/aromatic N) is 1. The molecule has 0 heterocycles. The average molecular weight is 411 g/mol. The van der Waals surface area contributed by atoms with E-state index in [9.17, 15) is 32.5 Å². The van der Waals surface area contributed by atoms with Gasteiger partial charge in [0.2, 0.25) is 6.54 Å². The Kier molecular flexibility index (Phi) is 6.15. The molecule has 0 radical (unpaired) electrons. The van der Waals surface area contributed by atoms with E-state index >= 15 is 0 Å². The lowest BCUT2D eigenvalue weighted by Crippen LogP contribution is -2.50. The molecule has 2 rings (SSSR count). The van der Waals surface area contributed by atoms with Crippen molar-refractivity contribution < 1.29 is 27.3 Å². The molecule has 0 aliphatic carbocycles. The average Bonchev–Trinajstić information content (AvgIpc) is 2.61. The molecule has 0 N–H and O–H groups in total. The lowest BCUT2D eigenvalue weighted by molar-refractivity contribution is -0.501. The monoisotopic (exact) mass is 411 g/mol. The van der Waals surface area contributed by atoms with Crippen LogP contribution >= 0.6 is 0 Å². The zero-order valence-electron chi connectivity index (χ0n) is 16.5. The van der Waals surface area contributed by atoms with Crippen molar-refractivity contribution in [2.45, 2.75) is 45.7 Å². The first-order chi connectivity index (χ1) is 13.3. The largest absolute Gasteiger partial charge is 0.405 e. The van der Waals surface area contributed by atoms with Gasteiger partial charge in [0.05, 0.1) is 0 Å². The van der Waals surface area contributed by atoms with Crippen LogP contribution in [0.5, 0.6) is 0 Å². The Balaban J connectivity index is 2.74. The molecule has 0 saturated heterocycles. The number of rotatable bonds is 6. The molecule has 29 heavy (non-hydrogen) atoms. The van der Waals surface area contributed by atoms with E-state index in [1.54, 1.807) is 20.8 Å². The van der Waals surface area contributed by atoms with Crippen LogP contribution in [-0.4, -0.2) is 23.4 Å². The summed E-state index contributed by atoms with van der Waals surface area (Å²) < 4.78 is 56.3. The van der Waals surface area contributed by atoms with Crippen LogP contribution in [0, 0.1) is 43.6 Å². The van der Waals surface area contributed by atoms with E-state index in [0.717, 1.165) is 29.8 Å². The Morgan fingerprint density at radius 2 is 1.55 bits per heavy atom. The van der Waals surface area contributed by atoms with Gasteiger partial charge in [-0.1, -0.05) is 6.07 Å². The highest BCUT2D eigenvalue weighted by molar-refractivity contribution is 5.97. The van der Waals surface area contributed by atoms with E-state index in [0.29, 0.717) is 11.1 Å². The van der Waals surface area contributed by atoms with Crippen LogP contribution in [0.25, 0.3) is 0 Å². The van der Waals surface area contributed by atoms with Crippen molar-refractivity contribution in [3.63, 3.8) is 0 Å². The highest BCUT2D eigenvalue weighted by Crippen LogP contribution is 2.47. The Morgan fingerprint density at radius 1 is 1.00 bits per heavy atom. The summed E-state index contributed by atoms with van der Waals surface area (Å²) in [5, 5.41) is 11.3. The number of hydrogen-bond acceptors (Lipinski definition) is 3. The normalized spacial score (nSPS) is 13.8. The summed E-state index contributed by atoms with van der Waals surface area (Å²) in [6.07, 6.45) is -6.21. The fourth-order valence-corrected chi connectivity index (χ4v) is 3.52. The van der Waals surface area contributed by atoms with E-state index in [2.05, 4.69) is 0 Å². The van der Waals surface area contributed by atoms with Crippen molar-refractivity contribution in [1.29, 1.82) is 0 Å². The van der Waals surface area contributed by atoms with Crippen molar-refractivity contribution >= 4 is 5.78 Å². The maximum absolute atomic E-state index is 14.4. The van der Waals surface area contributed by atoms with Gasteiger partial charge in [0, 0.05) is 16.9 Å². The second-order valence-corrected chi connectivity index (χ2v) is 7.29. The second kappa shape index (κ2) is 7.93. The number of carbonyl (C=O) groups is 1. The zero-order chi connectivity index (χ0) is 22.1. The molecule has 4 nitrogen and oxygen atoms in total. The smallest absolute Gasteiger partial charge is 0.294 e. The molecular weight excluding hydrogens is 390 g/mol. The van der Waals surface area contributed by atoms with E-state index in [4.69, 9.17) is 0 Å². The molecular formula is C21H21F4NO3. The third-order valence-corrected chi connectivity index (χ3v) is 5.57. The van der Waals surface area contributed by atoms with Gasteiger partial charge in [-0.2, -0.15) is 13.2 Å². The first kappa shape index (κ1) is 22.5. The number of aryl methyl sites for hydroxylation is 1. The number of alkyl halides is 3. The van der Waals surface area contributed by atoms with Gasteiger partial charge in [-0.3, -0.25) is 14.9 Å². The zero-order valence-corrected chi connectivity index (χ0v) is 16.5. The van der Waals surface area contributed by atoms with Gasteiger partial charge in [0.1, 0.15) is 5.82 Å². The molecule has 156 valence electrons. The van der Waals surface area contributed by atoms with Crippen LogP contribution in [0.2, 0.25) is 0 Å². The standard InChI is InChI=1S/C21H21F4NO3/c1-12-9-18(15(4)14(3)13(12)2)20(11-26(28)29,21(23,24)25)10-19(27)16-5-7-17(22)8-6-16/h5-9H,10-11H2,1-4H3. The van der Waals surface area contributed by atoms with Crippen molar-refractivity contribution in [3.05, 3.63) is 79.6 Å². The summed E-state index contributed by atoms with van der Waals surface area (Å²) in [6, 6.07) is 5.35. The van der Waals surface area contributed by atoms with Crippen molar-refractivity contribution in [2.24, 2.45) is 0 Å². The number of benzene rings is 2. The minimum atomic E-state index is -5.06. The summed E-state index contributed by atoms with van der Waals surface area (Å²) >= 11 is 0. The van der Waals surface area contributed by atoms with Crippen LogP contribution in [0.15, 0.2) is 30.3 Å². The molecule has 1 atom stereocenters. The topological polar surface area (TPSA) is 60.2 Å². The summed E-state index contributed by atoms with van der Waals surface area (Å²) in [5.74, 6) is -1.59. The van der Waals surface area contributed by atoms with Gasteiger partial charge < -0.3 is 0 Å². The van der Waals surface area contributed by atoms with Crippen LogP contribution in [-0.2, 0) is 5.41 Å². The van der Waals surface area contributed by atoms with Gasteiger partial charge in [-0.25, -0.2) is 4.39 Å². The number of halogens is 4. The van der Waals surface area contributed by atoms with Gasteiger partial charge in [-0.15, -0.1) is 0 Å². The predicted octanol–water partition coefficient (Wildman–Crippen LogP) is 5.41. The van der Waals surface area contributed by atoms with E-state index in [1.165, 1.54) is 13.0 Å². The van der Waals surface area contributed by atoms with Crippen LogP contribution in [0.1, 0.15) is 44.6 Å². The lowest BCUT2D eigenvalue weighted by atomic mass is 9.71. The third-order valence-electron chi connectivity index (χ3n) is 5.57. The van der Waals surface area contributed by atoms with Crippen LogP contribution in [0.4, 0.5) is 17.6 Å². The molecule has 2 aromatic carbocycles. The van der Waals surface area contributed by atoms with E-state index in [-0.39, 0.29) is 16.7 Å². The van der Waals surface area contributed by atoms with Crippen molar-refractivity contribution in [1.82, 2.24) is 0 Å². The minimum absolute atomic E-state index is 0.137. The highest BCUT2D eigenvalue weighted by Gasteiger charge is 2.61. The Hall–Kier alpha value is -2.77. The van der Waals surface area contributed by atoms with Crippen LogP contribution in [0.3, 0.4) is 0 Å². The van der Waals surface area contributed by atoms with E-state index in [1.807, 2.05) is 0 Å². The number of hydrogen-bond donors (Lipinski definition) is 0. The molecule has 0 amide bonds. The molecule has 0 fully saturated rings. The molecule has 0 saturated carbocycles. The number of nitro groups is 1. The summed E-state index contributed by atoms with van der Waals surface area (Å²) in [6.45, 7) is 5.02. The van der Waals surface area contributed by atoms with Gasteiger partial charge in [0.25, 0.3) is 0 Å². The summed E-state index contributed by atoms with van der Waals surface area (Å²) in [5.41, 5.74) is -1.23. The minimum Gasteiger partial charge on any atom is -0.294 e. The Bertz CT molecular complexity index is 952. The quantitative estimate of drug-likeness (QED) is 0.276. The maximum Gasteiger partial charge on any atom is 0.405 e. The first-order valence-electron chi connectivity index (χ1n) is 8.85. The van der Waals surface area contributed by atoms with Gasteiger partial charge >= 0.3 is 6.18 Å². The Labute approximate surface area is 165 Å². The molecule has 1 unspecified atom stereocenters. The molecule has 2 aromatic rings. The van der Waals surface area contributed by atoms with Gasteiger partial charge in [-0.05, 0) is 79.8 Å². The van der Waals surface area contributed by atoms with Gasteiger partial charge in [0.15, 0.2) is 11.2 Å². The number of ketones is 1. The second-order valence-electron chi connectivity index (χ2n) is 7.29. The van der Waals surface area contributed by atoms with Crippen molar-refractivity contribution in [2.75, 3.05) is 6.54 Å². The fraction of sp³-hybridized carbons (Fsp3) is 0.381. The summed E-state index contributed by atoms with van der Waals surface area (Å²) in [7, 11) is 0. The molecule has 0 aliphatic heterocycles. The number of Topliss-reactive ketones (excluding diaryl/α,β-unsaturated/α-hetero) is 1. The molecule has 0 aromatic heterocycles. The van der Waals surface area contributed by atoms with Crippen LogP contribution < -0.4 is 0 Å². The van der Waals surface area contributed by atoms with Crippen molar-refractivity contribution in [3.8, 4) is 0 Å². The fourth-order valence-electron chi connectivity index (χ4n) is 3.52. The Morgan fingerprint density at radius 3 is 2.03 bits per heavy atom. The third kappa shape index (κ3) is 4.31. The molecule has 0 aliphatic rings. The first-order valence-corrected chi connectivity index (χ1v) is 8.85. The predicted molar refractivity (Wildman–Crippen MR) is 100 cm³/mol. The number of carbonyl (C=O) groups excluding carboxylic acids is 1. The van der Waals surface area contributed by atoms with E-state index < -0.39 is 41.1 Å². The maximum atomic E-state index is 14.4. The SMILES string of the molecule is Cc1cc(C(CC(=O)c2ccc(F)cc2)(C[N+](=O)[O-])C(F)(F)F)c(C)c(C)c1C.